The minimum Gasteiger partial charge on any atom is -0.392 e. The standard InChI is InChI=1S/C17H23ClFN3O2/c18-15-6-12(19)4-3-11(15)9-22-5-1-2-13(10-22)21-17(24)16-7-14(23)8-20-16/h3-4,6,13-14,16,20,23H,1-2,5,7-10H2,(H,21,24). The number of carbonyl (C=O) groups excluding carboxylic acids is 1. The van der Waals surface area contributed by atoms with Crippen LogP contribution in [0.4, 0.5) is 4.39 Å². The van der Waals surface area contributed by atoms with Gasteiger partial charge >= 0.3 is 0 Å². The molecule has 1 amide bonds. The van der Waals surface area contributed by atoms with Crippen LogP contribution in [0.3, 0.4) is 0 Å². The lowest BCUT2D eigenvalue weighted by Gasteiger charge is -2.33. The van der Waals surface area contributed by atoms with Crippen LogP contribution in [-0.2, 0) is 11.3 Å². The minimum absolute atomic E-state index is 0.0433. The van der Waals surface area contributed by atoms with Gasteiger partial charge in [-0.15, -0.1) is 0 Å². The van der Waals surface area contributed by atoms with Gasteiger partial charge in [-0.25, -0.2) is 4.39 Å². The number of nitrogens with zero attached hydrogens (tertiary/aromatic N) is 1. The van der Waals surface area contributed by atoms with Crippen molar-refractivity contribution in [2.24, 2.45) is 0 Å². The van der Waals surface area contributed by atoms with Crippen LogP contribution >= 0.6 is 11.6 Å². The number of aliphatic hydroxyl groups is 1. The number of hydrogen-bond donors (Lipinski definition) is 3. The summed E-state index contributed by atoms with van der Waals surface area (Å²) in [6.07, 6.45) is 1.95. The Morgan fingerprint density at radius 3 is 3.04 bits per heavy atom. The van der Waals surface area contributed by atoms with E-state index in [0.29, 0.717) is 24.5 Å². The quantitative estimate of drug-likeness (QED) is 0.761. The molecule has 0 bridgehead atoms. The smallest absolute Gasteiger partial charge is 0.237 e. The van der Waals surface area contributed by atoms with Gasteiger partial charge < -0.3 is 15.7 Å². The van der Waals surface area contributed by atoms with Crippen molar-refractivity contribution in [1.82, 2.24) is 15.5 Å². The summed E-state index contributed by atoms with van der Waals surface area (Å²) in [5.74, 6) is -0.378. The topological polar surface area (TPSA) is 64.6 Å². The van der Waals surface area contributed by atoms with Crippen molar-refractivity contribution in [2.75, 3.05) is 19.6 Å². The molecule has 2 aliphatic rings. The van der Waals surface area contributed by atoms with E-state index in [0.717, 1.165) is 31.5 Å². The molecule has 3 N–H and O–H groups in total. The highest BCUT2D eigenvalue weighted by atomic mass is 35.5. The molecule has 3 rings (SSSR count). The second-order valence-corrected chi connectivity index (χ2v) is 7.08. The Morgan fingerprint density at radius 1 is 1.50 bits per heavy atom. The molecule has 0 saturated carbocycles. The van der Waals surface area contributed by atoms with Gasteiger partial charge in [0.15, 0.2) is 0 Å². The molecule has 2 fully saturated rings. The molecule has 0 aliphatic carbocycles. The molecule has 3 atom stereocenters. The predicted molar refractivity (Wildman–Crippen MR) is 90.3 cm³/mol. The normalized spacial score (nSPS) is 28.0. The molecule has 2 aliphatic heterocycles. The van der Waals surface area contributed by atoms with Crippen molar-refractivity contribution >= 4 is 17.5 Å². The predicted octanol–water partition coefficient (Wildman–Crippen LogP) is 1.28. The summed E-state index contributed by atoms with van der Waals surface area (Å²) >= 11 is 6.10. The van der Waals surface area contributed by atoms with Gasteiger partial charge in [-0.05, 0) is 43.5 Å². The van der Waals surface area contributed by atoms with Crippen molar-refractivity contribution in [2.45, 2.75) is 44.0 Å². The Labute approximate surface area is 146 Å². The van der Waals surface area contributed by atoms with Gasteiger partial charge in [0.05, 0.1) is 12.1 Å². The maximum atomic E-state index is 13.1. The molecule has 24 heavy (non-hydrogen) atoms. The molecular formula is C17H23ClFN3O2. The number of amides is 1. The SMILES string of the molecule is O=C(NC1CCCN(Cc2ccc(F)cc2Cl)C1)C1CC(O)CN1. The van der Waals surface area contributed by atoms with Gasteiger partial charge in [0.25, 0.3) is 0 Å². The molecule has 2 saturated heterocycles. The van der Waals surface area contributed by atoms with Crippen LogP contribution in [0.25, 0.3) is 0 Å². The fraction of sp³-hybridized carbons (Fsp3) is 0.588. The van der Waals surface area contributed by atoms with Gasteiger partial charge in [0.1, 0.15) is 5.82 Å². The number of benzene rings is 1. The largest absolute Gasteiger partial charge is 0.392 e. The van der Waals surface area contributed by atoms with Gasteiger partial charge in [0, 0.05) is 30.7 Å². The second kappa shape index (κ2) is 7.78. The number of likely N-dealkylation sites (tertiary alicyclic amines) is 1. The average Bonchev–Trinajstić information content (AvgIpc) is 2.97. The number of β-amino-alcohol motifs (C(OH)–C–C–N with tert-alkyl or cyclic N) is 1. The zero-order valence-electron chi connectivity index (χ0n) is 13.5. The lowest BCUT2D eigenvalue weighted by Crippen LogP contribution is -2.51. The highest BCUT2D eigenvalue weighted by Crippen LogP contribution is 2.21. The molecule has 1 aromatic rings. The van der Waals surface area contributed by atoms with Gasteiger partial charge in [-0.1, -0.05) is 17.7 Å². The zero-order valence-corrected chi connectivity index (χ0v) is 14.2. The number of piperidine rings is 1. The first-order valence-corrected chi connectivity index (χ1v) is 8.77. The lowest BCUT2D eigenvalue weighted by atomic mass is 10.0. The summed E-state index contributed by atoms with van der Waals surface area (Å²) in [7, 11) is 0. The Kier molecular flexibility index (Phi) is 5.71. The molecule has 0 spiro atoms. The number of rotatable bonds is 4. The van der Waals surface area contributed by atoms with Crippen molar-refractivity contribution in [3.05, 3.63) is 34.6 Å². The number of nitrogens with one attached hydrogen (secondary N) is 2. The molecule has 132 valence electrons. The molecule has 3 unspecified atom stereocenters. The van der Waals surface area contributed by atoms with Crippen LogP contribution in [0.15, 0.2) is 18.2 Å². The third-order valence-corrected chi connectivity index (χ3v) is 5.04. The van der Waals surface area contributed by atoms with E-state index in [2.05, 4.69) is 15.5 Å². The maximum Gasteiger partial charge on any atom is 0.237 e. The van der Waals surface area contributed by atoms with Crippen molar-refractivity contribution in [3.63, 3.8) is 0 Å². The Morgan fingerprint density at radius 2 is 2.33 bits per heavy atom. The Hall–Kier alpha value is -1.21. The van der Waals surface area contributed by atoms with Crippen LogP contribution in [0, 0.1) is 5.82 Å². The molecule has 1 aromatic carbocycles. The van der Waals surface area contributed by atoms with Gasteiger partial charge in [0.2, 0.25) is 5.91 Å². The van der Waals surface area contributed by atoms with E-state index in [9.17, 15) is 14.3 Å². The first-order valence-electron chi connectivity index (χ1n) is 8.39. The summed E-state index contributed by atoms with van der Waals surface area (Å²) in [6.45, 7) is 2.79. The summed E-state index contributed by atoms with van der Waals surface area (Å²) < 4.78 is 13.1. The molecule has 7 heteroatoms. The number of aliphatic hydroxyl groups excluding tert-OH is 1. The van der Waals surface area contributed by atoms with Gasteiger partial charge in [-0.3, -0.25) is 9.69 Å². The van der Waals surface area contributed by atoms with E-state index in [1.807, 2.05) is 0 Å². The molecule has 0 aromatic heterocycles. The number of hydrogen-bond acceptors (Lipinski definition) is 4. The fourth-order valence-electron chi connectivity index (χ4n) is 3.43. The fourth-order valence-corrected chi connectivity index (χ4v) is 3.65. The van der Waals surface area contributed by atoms with Crippen LogP contribution < -0.4 is 10.6 Å². The minimum atomic E-state index is -0.441. The van der Waals surface area contributed by atoms with Crippen LogP contribution in [0.5, 0.6) is 0 Å². The molecule has 5 nitrogen and oxygen atoms in total. The third kappa shape index (κ3) is 4.45. The Bertz CT molecular complexity index is 601. The van der Waals surface area contributed by atoms with Gasteiger partial charge in [-0.2, -0.15) is 0 Å². The summed E-state index contributed by atoms with van der Waals surface area (Å²) in [4.78, 5) is 14.5. The first-order chi connectivity index (χ1) is 11.5. The van der Waals surface area contributed by atoms with Crippen LogP contribution in [0.2, 0.25) is 5.02 Å². The summed E-state index contributed by atoms with van der Waals surface area (Å²) in [5.41, 5.74) is 0.894. The van der Waals surface area contributed by atoms with Crippen molar-refractivity contribution < 1.29 is 14.3 Å². The van der Waals surface area contributed by atoms with E-state index in [1.54, 1.807) is 6.07 Å². The summed E-state index contributed by atoms with van der Waals surface area (Å²) in [5, 5.41) is 16.1. The monoisotopic (exact) mass is 355 g/mol. The van der Waals surface area contributed by atoms with Crippen LogP contribution in [-0.4, -0.2) is 53.7 Å². The van der Waals surface area contributed by atoms with E-state index in [4.69, 9.17) is 11.6 Å². The highest BCUT2D eigenvalue weighted by molar-refractivity contribution is 6.31. The Balaban J connectivity index is 1.53. The van der Waals surface area contributed by atoms with Crippen LogP contribution in [0.1, 0.15) is 24.8 Å². The zero-order chi connectivity index (χ0) is 17.1. The lowest BCUT2D eigenvalue weighted by molar-refractivity contribution is -0.124. The highest BCUT2D eigenvalue weighted by Gasteiger charge is 2.30. The second-order valence-electron chi connectivity index (χ2n) is 6.67. The third-order valence-electron chi connectivity index (χ3n) is 4.69. The number of carbonyl (C=O) groups is 1. The van der Waals surface area contributed by atoms with E-state index in [1.165, 1.54) is 12.1 Å². The van der Waals surface area contributed by atoms with E-state index >= 15 is 0 Å². The maximum absolute atomic E-state index is 13.1. The molecule has 0 radical (unpaired) electrons. The molecular weight excluding hydrogens is 333 g/mol. The van der Waals surface area contributed by atoms with Crippen molar-refractivity contribution in [1.29, 1.82) is 0 Å². The van der Waals surface area contributed by atoms with Crippen molar-refractivity contribution in [3.8, 4) is 0 Å². The molecule has 2 heterocycles. The summed E-state index contributed by atoms with van der Waals surface area (Å²) in [6, 6.07) is 4.24. The van der Waals surface area contributed by atoms with E-state index < -0.39 is 6.10 Å². The van der Waals surface area contributed by atoms with E-state index in [-0.39, 0.29) is 23.8 Å². The average molecular weight is 356 g/mol. The number of halogens is 2. The first kappa shape index (κ1) is 17.6.